The Morgan fingerprint density at radius 1 is 1.19 bits per heavy atom. The molecule has 0 saturated heterocycles. The summed E-state index contributed by atoms with van der Waals surface area (Å²) in [6.45, 7) is 6.07. The standard InChI is InChI=1S/C22H25N3O2/c1-5-16(3)23-22(26)21-14-20(17-7-6-8-19(13-17)27-4)24-25(21)18-11-9-15(2)10-12-18/h6-14,16H,5H2,1-4H3,(H,23,26). The fraction of sp³-hybridized carbons (Fsp3) is 0.273. The molecule has 1 N–H and O–H groups in total. The Morgan fingerprint density at radius 2 is 1.93 bits per heavy atom. The zero-order valence-corrected chi connectivity index (χ0v) is 16.2. The van der Waals surface area contributed by atoms with E-state index in [4.69, 9.17) is 9.84 Å². The second-order valence-electron chi connectivity index (χ2n) is 6.68. The van der Waals surface area contributed by atoms with Gasteiger partial charge in [0.2, 0.25) is 0 Å². The van der Waals surface area contributed by atoms with E-state index in [1.807, 2.05) is 75.4 Å². The van der Waals surface area contributed by atoms with Gasteiger partial charge in [-0.3, -0.25) is 4.79 Å². The number of rotatable bonds is 6. The highest BCUT2D eigenvalue weighted by Crippen LogP contribution is 2.25. The lowest BCUT2D eigenvalue weighted by Gasteiger charge is -2.12. The maximum atomic E-state index is 12.8. The summed E-state index contributed by atoms with van der Waals surface area (Å²) in [6, 6.07) is 17.6. The van der Waals surface area contributed by atoms with Crippen molar-refractivity contribution in [3.8, 4) is 22.7 Å². The van der Waals surface area contributed by atoms with E-state index >= 15 is 0 Å². The van der Waals surface area contributed by atoms with Crippen LogP contribution in [0.4, 0.5) is 0 Å². The maximum absolute atomic E-state index is 12.8. The summed E-state index contributed by atoms with van der Waals surface area (Å²) in [6.07, 6.45) is 0.868. The number of ether oxygens (including phenoxy) is 1. The first-order valence-corrected chi connectivity index (χ1v) is 9.14. The normalized spacial score (nSPS) is 11.9. The van der Waals surface area contributed by atoms with Crippen LogP contribution in [-0.4, -0.2) is 28.8 Å². The van der Waals surface area contributed by atoms with Crippen molar-refractivity contribution in [2.45, 2.75) is 33.2 Å². The van der Waals surface area contributed by atoms with Gasteiger partial charge in [-0.15, -0.1) is 0 Å². The van der Waals surface area contributed by atoms with Crippen LogP contribution in [-0.2, 0) is 0 Å². The van der Waals surface area contributed by atoms with Gasteiger partial charge in [-0.1, -0.05) is 36.8 Å². The molecule has 1 unspecified atom stereocenters. The highest BCUT2D eigenvalue weighted by molar-refractivity contribution is 5.94. The molecule has 0 bridgehead atoms. The van der Waals surface area contributed by atoms with Gasteiger partial charge in [0.05, 0.1) is 18.5 Å². The lowest BCUT2D eigenvalue weighted by molar-refractivity contribution is 0.0931. The van der Waals surface area contributed by atoms with Crippen LogP contribution in [0.25, 0.3) is 16.9 Å². The molecule has 2 aromatic carbocycles. The number of hydrogen-bond donors (Lipinski definition) is 1. The van der Waals surface area contributed by atoms with Crippen LogP contribution < -0.4 is 10.1 Å². The van der Waals surface area contributed by atoms with Crippen molar-refractivity contribution in [2.75, 3.05) is 7.11 Å². The Labute approximate surface area is 160 Å². The molecule has 0 aliphatic carbocycles. The molecule has 0 saturated carbocycles. The summed E-state index contributed by atoms with van der Waals surface area (Å²) in [5, 5.41) is 7.74. The molecule has 1 aromatic heterocycles. The Morgan fingerprint density at radius 3 is 2.59 bits per heavy atom. The SMILES string of the molecule is CCC(C)NC(=O)c1cc(-c2cccc(OC)c2)nn1-c1ccc(C)cc1. The molecule has 0 aliphatic rings. The summed E-state index contributed by atoms with van der Waals surface area (Å²) in [4.78, 5) is 12.8. The highest BCUT2D eigenvalue weighted by Gasteiger charge is 2.19. The molecular weight excluding hydrogens is 338 g/mol. The van der Waals surface area contributed by atoms with Crippen LogP contribution in [0.15, 0.2) is 54.6 Å². The van der Waals surface area contributed by atoms with E-state index in [-0.39, 0.29) is 11.9 Å². The molecule has 140 valence electrons. The molecule has 3 aromatic rings. The van der Waals surface area contributed by atoms with Crippen LogP contribution in [0.3, 0.4) is 0 Å². The Kier molecular flexibility index (Phi) is 5.60. The molecule has 1 amide bonds. The maximum Gasteiger partial charge on any atom is 0.270 e. The number of hydrogen-bond acceptors (Lipinski definition) is 3. The number of carbonyl (C=O) groups excluding carboxylic acids is 1. The Balaban J connectivity index is 2.07. The second-order valence-corrected chi connectivity index (χ2v) is 6.68. The van der Waals surface area contributed by atoms with Gasteiger partial charge in [-0.05, 0) is 50.6 Å². The van der Waals surface area contributed by atoms with Crippen LogP contribution in [0, 0.1) is 6.92 Å². The summed E-state index contributed by atoms with van der Waals surface area (Å²) < 4.78 is 7.01. The predicted molar refractivity (Wildman–Crippen MR) is 108 cm³/mol. The molecule has 1 atom stereocenters. The number of aromatic nitrogens is 2. The zero-order valence-electron chi connectivity index (χ0n) is 16.2. The van der Waals surface area contributed by atoms with Gasteiger partial charge in [-0.2, -0.15) is 5.10 Å². The first-order valence-electron chi connectivity index (χ1n) is 9.14. The fourth-order valence-electron chi connectivity index (χ4n) is 2.75. The zero-order chi connectivity index (χ0) is 19.4. The van der Waals surface area contributed by atoms with E-state index in [0.717, 1.165) is 34.7 Å². The van der Waals surface area contributed by atoms with Crippen molar-refractivity contribution in [1.82, 2.24) is 15.1 Å². The van der Waals surface area contributed by atoms with E-state index < -0.39 is 0 Å². The lowest BCUT2D eigenvalue weighted by Crippen LogP contribution is -2.33. The van der Waals surface area contributed by atoms with Crippen molar-refractivity contribution in [3.05, 3.63) is 65.9 Å². The van der Waals surface area contributed by atoms with Crippen molar-refractivity contribution >= 4 is 5.91 Å². The van der Waals surface area contributed by atoms with Gasteiger partial charge < -0.3 is 10.1 Å². The van der Waals surface area contributed by atoms with E-state index in [0.29, 0.717) is 5.69 Å². The number of carbonyl (C=O) groups is 1. The molecule has 5 heteroatoms. The van der Waals surface area contributed by atoms with Crippen LogP contribution in [0.2, 0.25) is 0 Å². The third kappa shape index (κ3) is 4.19. The third-order valence-electron chi connectivity index (χ3n) is 4.58. The minimum Gasteiger partial charge on any atom is -0.497 e. The third-order valence-corrected chi connectivity index (χ3v) is 4.58. The molecule has 0 spiro atoms. The number of benzene rings is 2. The van der Waals surface area contributed by atoms with Gasteiger partial charge in [0, 0.05) is 11.6 Å². The van der Waals surface area contributed by atoms with Gasteiger partial charge in [0.25, 0.3) is 5.91 Å². The van der Waals surface area contributed by atoms with Crippen LogP contribution in [0.5, 0.6) is 5.75 Å². The fourth-order valence-corrected chi connectivity index (χ4v) is 2.75. The average Bonchev–Trinajstić information content (AvgIpc) is 3.14. The van der Waals surface area contributed by atoms with E-state index in [2.05, 4.69) is 5.32 Å². The number of aryl methyl sites for hydroxylation is 1. The number of methoxy groups -OCH3 is 1. The molecule has 3 rings (SSSR count). The smallest absolute Gasteiger partial charge is 0.270 e. The second kappa shape index (κ2) is 8.08. The summed E-state index contributed by atoms with van der Waals surface area (Å²) >= 11 is 0. The van der Waals surface area contributed by atoms with Crippen molar-refractivity contribution in [3.63, 3.8) is 0 Å². The predicted octanol–water partition coefficient (Wildman–Crippen LogP) is 4.38. The summed E-state index contributed by atoms with van der Waals surface area (Å²) in [5.74, 6) is 0.620. The van der Waals surface area contributed by atoms with Crippen LogP contribution in [0.1, 0.15) is 36.3 Å². The highest BCUT2D eigenvalue weighted by atomic mass is 16.5. The quantitative estimate of drug-likeness (QED) is 0.707. The van der Waals surface area contributed by atoms with Gasteiger partial charge in [-0.25, -0.2) is 4.68 Å². The van der Waals surface area contributed by atoms with E-state index in [1.54, 1.807) is 11.8 Å². The van der Waals surface area contributed by atoms with Crippen molar-refractivity contribution in [1.29, 1.82) is 0 Å². The molecule has 0 radical (unpaired) electrons. The first kappa shape index (κ1) is 18.7. The number of nitrogens with zero attached hydrogens (tertiary/aromatic N) is 2. The average molecular weight is 363 g/mol. The Hall–Kier alpha value is -3.08. The molecule has 27 heavy (non-hydrogen) atoms. The number of amides is 1. The molecular formula is C22H25N3O2. The first-order chi connectivity index (χ1) is 13.0. The summed E-state index contributed by atoms with van der Waals surface area (Å²) in [5.41, 5.74) is 4.15. The van der Waals surface area contributed by atoms with Crippen molar-refractivity contribution < 1.29 is 9.53 Å². The Bertz CT molecular complexity index is 929. The molecule has 1 heterocycles. The van der Waals surface area contributed by atoms with Crippen LogP contribution >= 0.6 is 0 Å². The monoisotopic (exact) mass is 363 g/mol. The van der Waals surface area contributed by atoms with Gasteiger partial charge in [0.1, 0.15) is 11.4 Å². The minimum absolute atomic E-state index is 0.0964. The van der Waals surface area contributed by atoms with E-state index in [9.17, 15) is 4.79 Å². The van der Waals surface area contributed by atoms with Gasteiger partial charge in [0.15, 0.2) is 0 Å². The minimum atomic E-state index is -0.133. The summed E-state index contributed by atoms with van der Waals surface area (Å²) in [7, 11) is 1.63. The molecule has 0 fully saturated rings. The van der Waals surface area contributed by atoms with E-state index in [1.165, 1.54) is 0 Å². The number of nitrogens with one attached hydrogen (secondary N) is 1. The topological polar surface area (TPSA) is 56.1 Å². The lowest BCUT2D eigenvalue weighted by atomic mass is 10.1. The van der Waals surface area contributed by atoms with Gasteiger partial charge >= 0.3 is 0 Å². The largest absolute Gasteiger partial charge is 0.497 e. The molecule has 5 nitrogen and oxygen atoms in total. The van der Waals surface area contributed by atoms with Crippen molar-refractivity contribution in [2.24, 2.45) is 0 Å². The molecule has 0 aliphatic heterocycles.